The number of nitro benzene ring substituents is 1. The summed E-state index contributed by atoms with van der Waals surface area (Å²) in [6.45, 7) is 3.86. The number of rotatable bonds is 7. The van der Waals surface area contributed by atoms with Crippen LogP contribution in [0.15, 0.2) is 42.5 Å². The number of ether oxygens (including phenoxy) is 1. The zero-order valence-corrected chi connectivity index (χ0v) is 15.7. The highest BCUT2D eigenvalue weighted by molar-refractivity contribution is 6.32. The van der Waals surface area contributed by atoms with E-state index in [2.05, 4.69) is 5.32 Å². The number of carbonyl (C=O) groups is 2. The van der Waals surface area contributed by atoms with Crippen molar-refractivity contribution in [2.75, 3.05) is 6.61 Å². The van der Waals surface area contributed by atoms with Gasteiger partial charge < -0.3 is 10.1 Å². The van der Waals surface area contributed by atoms with Crippen molar-refractivity contribution in [2.24, 2.45) is 0 Å². The molecule has 0 aromatic heterocycles. The van der Waals surface area contributed by atoms with Crippen LogP contribution in [0.3, 0.4) is 0 Å². The first-order valence-electron chi connectivity index (χ1n) is 8.28. The number of hydrogen-bond acceptors (Lipinski definition) is 5. The minimum Gasteiger partial charge on any atom is -0.466 e. The van der Waals surface area contributed by atoms with Crippen LogP contribution in [0.1, 0.15) is 40.9 Å². The van der Waals surface area contributed by atoms with E-state index in [0.29, 0.717) is 0 Å². The molecule has 2 aromatic carbocycles. The summed E-state index contributed by atoms with van der Waals surface area (Å²) in [7, 11) is 0. The van der Waals surface area contributed by atoms with E-state index in [9.17, 15) is 19.7 Å². The van der Waals surface area contributed by atoms with Crippen molar-refractivity contribution in [3.63, 3.8) is 0 Å². The summed E-state index contributed by atoms with van der Waals surface area (Å²) >= 11 is 5.78. The maximum atomic E-state index is 12.6. The normalized spacial score (nSPS) is 11.5. The molecule has 7 nitrogen and oxygen atoms in total. The van der Waals surface area contributed by atoms with Gasteiger partial charge in [-0.05, 0) is 31.5 Å². The van der Waals surface area contributed by atoms with Crippen LogP contribution in [0.5, 0.6) is 0 Å². The number of carbonyl (C=O) groups excluding carboxylic acids is 2. The fourth-order valence-electron chi connectivity index (χ4n) is 2.47. The third kappa shape index (κ3) is 5.52. The second-order valence-corrected chi connectivity index (χ2v) is 6.28. The van der Waals surface area contributed by atoms with Crippen LogP contribution in [0.2, 0.25) is 5.02 Å². The van der Waals surface area contributed by atoms with Gasteiger partial charge >= 0.3 is 5.97 Å². The lowest BCUT2D eigenvalue weighted by atomic mass is 10.0. The number of nitrogens with one attached hydrogen (secondary N) is 1. The zero-order valence-electron chi connectivity index (χ0n) is 14.9. The maximum Gasteiger partial charge on any atom is 0.308 e. The zero-order chi connectivity index (χ0) is 20.0. The summed E-state index contributed by atoms with van der Waals surface area (Å²) < 4.78 is 4.97. The lowest BCUT2D eigenvalue weighted by molar-refractivity contribution is -0.384. The molecule has 1 amide bonds. The number of hydrogen-bond donors (Lipinski definition) is 1. The summed E-state index contributed by atoms with van der Waals surface area (Å²) in [6, 6.07) is 10.5. The first kappa shape index (κ1) is 20.4. The molecule has 0 saturated heterocycles. The van der Waals surface area contributed by atoms with Gasteiger partial charge in [-0.25, -0.2) is 0 Å². The number of amides is 1. The highest BCUT2D eigenvalue weighted by Gasteiger charge is 2.22. The Kier molecular flexibility index (Phi) is 6.90. The summed E-state index contributed by atoms with van der Waals surface area (Å²) in [5.74, 6) is -1.00. The minimum absolute atomic E-state index is 0.0572. The Balaban J connectivity index is 2.27. The Labute approximate surface area is 161 Å². The van der Waals surface area contributed by atoms with Gasteiger partial charge in [0.25, 0.3) is 11.6 Å². The van der Waals surface area contributed by atoms with E-state index in [4.69, 9.17) is 16.3 Å². The lowest BCUT2D eigenvalue weighted by Gasteiger charge is -2.19. The third-order valence-corrected chi connectivity index (χ3v) is 4.19. The lowest BCUT2D eigenvalue weighted by Crippen LogP contribution is -2.30. The molecular formula is C19H19ClN2O5. The summed E-state index contributed by atoms with van der Waals surface area (Å²) in [6.07, 6.45) is -0.0572. The number of nitrogens with zero attached hydrogens (tertiary/aromatic N) is 1. The summed E-state index contributed by atoms with van der Waals surface area (Å²) in [5.41, 5.74) is 1.48. The Bertz CT molecular complexity index is 852. The second-order valence-electron chi connectivity index (χ2n) is 5.87. The van der Waals surface area contributed by atoms with Gasteiger partial charge in [0.2, 0.25) is 0 Å². The molecule has 0 aliphatic carbocycles. The minimum atomic E-state index is -0.658. The van der Waals surface area contributed by atoms with E-state index in [1.165, 1.54) is 12.1 Å². The number of benzene rings is 2. The van der Waals surface area contributed by atoms with E-state index in [1.807, 2.05) is 31.2 Å². The van der Waals surface area contributed by atoms with Crippen LogP contribution in [-0.4, -0.2) is 23.4 Å². The van der Waals surface area contributed by atoms with Crippen LogP contribution in [0.4, 0.5) is 5.69 Å². The molecule has 2 rings (SSSR count). The second kappa shape index (κ2) is 9.14. The summed E-state index contributed by atoms with van der Waals surface area (Å²) in [4.78, 5) is 34.9. The largest absolute Gasteiger partial charge is 0.466 e. The van der Waals surface area contributed by atoms with Gasteiger partial charge in [-0.1, -0.05) is 41.4 Å². The maximum absolute atomic E-state index is 12.6. The topological polar surface area (TPSA) is 98.5 Å². The van der Waals surface area contributed by atoms with Crippen molar-refractivity contribution in [1.82, 2.24) is 5.32 Å². The molecule has 0 aliphatic rings. The van der Waals surface area contributed by atoms with Gasteiger partial charge in [-0.2, -0.15) is 0 Å². The van der Waals surface area contributed by atoms with Crippen molar-refractivity contribution in [1.29, 1.82) is 0 Å². The molecule has 1 atom stereocenters. The van der Waals surface area contributed by atoms with Crippen molar-refractivity contribution in [2.45, 2.75) is 26.3 Å². The quantitative estimate of drug-likeness (QED) is 0.438. The predicted molar refractivity (Wildman–Crippen MR) is 101 cm³/mol. The van der Waals surface area contributed by atoms with Gasteiger partial charge in [0.1, 0.15) is 5.02 Å². The van der Waals surface area contributed by atoms with E-state index in [0.717, 1.165) is 17.2 Å². The molecule has 0 unspecified atom stereocenters. The van der Waals surface area contributed by atoms with E-state index in [1.54, 1.807) is 6.92 Å². The Morgan fingerprint density at radius 3 is 2.48 bits per heavy atom. The van der Waals surface area contributed by atoms with Crippen LogP contribution in [0, 0.1) is 17.0 Å². The van der Waals surface area contributed by atoms with Crippen LogP contribution >= 0.6 is 11.6 Å². The average Bonchev–Trinajstić information content (AvgIpc) is 2.62. The molecular weight excluding hydrogens is 372 g/mol. The van der Waals surface area contributed by atoms with E-state index in [-0.39, 0.29) is 29.3 Å². The fourth-order valence-corrected chi connectivity index (χ4v) is 2.66. The Morgan fingerprint density at radius 1 is 1.22 bits per heavy atom. The highest BCUT2D eigenvalue weighted by Crippen LogP contribution is 2.26. The van der Waals surface area contributed by atoms with Crippen molar-refractivity contribution >= 4 is 29.2 Å². The Morgan fingerprint density at radius 2 is 1.89 bits per heavy atom. The van der Waals surface area contributed by atoms with Crippen molar-refractivity contribution < 1.29 is 19.2 Å². The smallest absolute Gasteiger partial charge is 0.308 e. The number of esters is 1. The van der Waals surface area contributed by atoms with Crippen molar-refractivity contribution in [3.05, 3.63) is 74.3 Å². The van der Waals surface area contributed by atoms with Gasteiger partial charge in [0.15, 0.2) is 0 Å². The van der Waals surface area contributed by atoms with E-state index < -0.39 is 22.8 Å². The predicted octanol–water partition coefficient (Wildman–Crippen LogP) is 3.98. The Hall–Kier alpha value is -2.93. The first-order valence-corrected chi connectivity index (χ1v) is 8.66. The molecule has 142 valence electrons. The molecule has 0 radical (unpaired) electrons. The number of aryl methyl sites for hydroxylation is 1. The van der Waals surface area contributed by atoms with Gasteiger partial charge in [0.05, 0.1) is 24.0 Å². The molecule has 2 aromatic rings. The van der Waals surface area contributed by atoms with Crippen LogP contribution < -0.4 is 5.32 Å². The molecule has 0 fully saturated rings. The monoisotopic (exact) mass is 390 g/mol. The average molecular weight is 391 g/mol. The number of halogens is 1. The molecule has 0 saturated carbocycles. The molecule has 0 aliphatic heterocycles. The number of nitro groups is 1. The molecule has 8 heteroatoms. The fraction of sp³-hybridized carbons (Fsp3) is 0.263. The standard InChI is InChI=1S/C19H19ClN2O5/c1-3-27-18(23)11-16(13-6-4-12(2)5-7-13)21-19(24)14-8-9-15(20)17(10-14)22(25)26/h4-10,16H,3,11H2,1-2H3,(H,21,24)/t16-/m1/s1. The van der Waals surface area contributed by atoms with Crippen molar-refractivity contribution in [3.8, 4) is 0 Å². The van der Waals surface area contributed by atoms with Gasteiger partial charge in [-0.15, -0.1) is 0 Å². The molecule has 0 spiro atoms. The van der Waals surface area contributed by atoms with E-state index >= 15 is 0 Å². The molecule has 0 heterocycles. The SMILES string of the molecule is CCOC(=O)C[C@@H](NC(=O)c1ccc(Cl)c([N+](=O)[O-])c1)c1ccc(C)cc1. The van der Waals surface area contributed by atoms with Gasteiger partial charge in [-0.3, -0.25) is 19.7 Å². The highest BCUT2D eigenvalue weighted by atomic mass is 35.5. The van der Waals surface area contributed by atoms with Gasteiger partial charge in [0, 0.05) is 11.6 Å². The third-order valence-electron chi connectivity index (χ3n) is 3.87. The molecule has 27 heavy (non-hydrogen) atoms. The van der Waals surface area contributed by atoms with Crippen LogP contribution in [-0.2, 0) is 9.53 Å². The summed E-state index contributed by atoms with van der Waals surface area (Å²) in [5, 5.41) is 13.7. The molecule has 0 bridgehead atoms. The molecule has 1 N–H and O–H groups in total. The van der Waals surface area contributed by atoms with Crippen LogP contribution in [0.25, 0.3) is 0 Å². The first-order chi connectivity index (χ1) is 12.8.